The van der Waals surface area contributed by atoms with Crippen LogP contribution < -0.4 is 19.7 Å². The first-order chi connectivity index (χ1) is 12.6. The Labute approximate surface area is 153 Å². The maximum atomic E-state index is 12.6. The lowest BCUT2D eigenvalue weighted by Crippen LogP contribution is -2.35. The van der Waals surface area contributed by atoms with E-state index in [2.05, 4.69) is 27.1 Å². The number of methoxy groups -OCH3 is 2. The van der Waals surface area contributed by atoms with Crippen molar-refractivity contribution in [2.45, 2.75) is 19.8 Å². The molecule has 0 bridgehead atoms. The smallest absolute Gasteiger partial charge is 0.274 e. The summed E-state index contributed by atoms with van der Waals surface area (Å²) >= 11 is 0. The van der Waals surface area contributed by atoms with Gasteiger partial charge in [0.1, 0.15) is 29.3 Å². The lowest BCUT2D eigenvalue weighted by molar-refractivity contribution is 0.102. The number of anilines is 2. The van der Waals surface area contributed by atoms with Crippen LogP contribution in [0, 0.1) is 5.92 Å². The van der Waals surface area contributed by atoms with Gasteiger partial charge in [-0.05, 0) is 30.9 Å². The molecule has 3 rings (SSSR count). The number of piperidine rings is 1. The second-order valence-corrected chi connectivity index (χ2v) is 6.48. The van der Waals surface area contributed by atoms with Crippen LogP contribution in [-0.4, -0.2) is 43.2 Å². The molecule has 7 heteroatoms. The van der Waals surface area contributed by atoms with Gasteiger partial charge in [-0.3, -0.25) is 4.79 Å². The minimum atomic E-state index is -0.304. The first kappa shape index (κ1) is 18.0. The normalized spacial score (nSPS) is 16.9. The third-order valence-electron chi connectivity index (χ3n) is 4.52. The van der Waals surface area contributed by atoms with Gasteiger partial charge in [0, 0.05) is 25.2 Å². The molecule has 1 aromatic heterocycles. The summed E-state index contributed by atoms with van der Waals surface area (Å²) in [6.45, 7) is 4.13. The first-order valence-corrected chi connectivity index (χ1v) is 8.71. The monoisotopic (exact) mass is 356 g/mol. The predicted molar refractivity (Wildman–Crippen MR) is 100 cm³/mol. The third-order valence-corrected chi connectivity index (χ3v) is 4.52. The van der Waals surface area contributed by atoms with Crippen molar-refractivity contribution < 1.29 is 14.3 Å². The van der Waals surface area contributed by atoms with E-state index in [4.69, 9.17) is 9.47 Å². The molecule has 0 radical (unpaired) electrons. The van der Waals surface area contributed by atoms with Crippen molar-refractivity contribution in [2.24, 2.45) is 5.92 Å². The summed E-state index contributed by atoms with van der Waals surface area (Å²) in [5.74, 6) is 2.29. The molecule has 7 nitrogen and oxygen atoms in total. The molecule has 1 aliphatic rings. The van der Waals surface area contributed by atoms with Crippen LogP contribution in [0.4, 0.5) is 11.5 Å². The molecule has 0 spiro atoms. The molecule has 2 heterocycles. The number of nitrogens with one attached hydrogen (secondary N) is 1. The largest absolute Gasteiger partial charge is 0.497 e. The van der Waals surface area contributed by atoms with Crippen molar-refractivity contribution in [3.63, 3.8) is 0 Å². The van der Waals surface area contributed by atoms with Gasteiger partial charge in [0.15, 0.2) is 0 Å². The van der Waals surface area contributed by atoms with Gasteiger partial charge in [-0.25, -0.2) is 9.97 Å². The van der Waals surface area contributed by atoms with Crippen molar-refractivity contribution in [1.82, 2.24) is 9.97 Å². The summed E-state index contributed by atoms with van der Waals surface area (Å²) in [6.07, 6.45) is 3.80. The SMILES string of the molecule is COc1ccc(NC(=O)c2cc(N3CCCC(C)C3)ncn2)c(OC)c1. The van der Waals surface area contributed by atoms with Crippen molar-refractivity contribution in [3.8, 4) is 11.5 Å². The lowest BCUT2D eigenvalue weighted by atomic mass is 10.0. The summed E-state index contributed by atoms with van der Waals surface area (Å²) in [5.41, 5.74) is 0.885. The molecule has 1 fully saturated rings. The zero-order valence-electron chi connectivity index (χ0n) is 15.4. The molecular formula is C19H24N4O3. The van der Waals surface area contributed by atoms with Crippen molar-refractivity contribution in [1.29, 1.82) is 0 Å². The second-order valence-electron chi connectivity index (χ2n) is 6.48. The molecule has 1 aliphatic heterocycles. The number of hydrogen-bond donors (Lipinski definition) is 1. The molecule has 2 aromatic rings. The highest BCUT2D eigenvalue weighted by atomic mass is 16.5. The minimum Gasteiger partial charge on any atom is -0.497 e. The second kappa shape index (κ2) is 8.03. The maximum Gasteiger partial charge on any atom is 0.274 e. The van der Waals surface area contributed by atoms with E-state index in [9.17, 15) is 4.79 Å². The maximum absolute atomic E-state index is 12.6. The van der Waals surface area contributed by atoms with Crippen LogP contribution >= 0.6 is 0 Å². The van der Waals surface area contributed by atoms with E-state index < -0.39 is 0 Å². The van der Waals surface area contributed by atoms with E-state index in [0.29, 0.717) is 28.8 Å². The Bertz CT molecular complexity index is 781. The van der Waals surface area contributed by atoms with Crippen LogP contribution in [0.3, 0.4) is 0 Å². The Morgan fingerprint density at radius 1 is 1.23 bits per heavy atom. The molecule has 0 saturated carbocycles. The van der Waals surface area contributed by atoms with Gasteiger partial charge in [-0.2, -0.15) is 0 Å². The van der Waals surface area contributed by atoms with E-state index in [0.717, 1.165) is 25.3 Å². The summed E-state index contributed by atoms with van der Waals surface area (Å²) in [5, 5.41) is 2.84. The van der Waals surface area contributed by atoms with E-state index in [1.54, 1.807) is 38.5 Å². The number of amides is 1. The Morgan fingerprint density at radius 2 is 2.08 bits per heavy atom. The lowest BCUT2D eigenvalue weighted by Gasteiger charge is -2.31. The van der Waals surface area contributed by atoms with Gasteiger partial charge in [-0.15, -0.1) is 0 Å². The van der Waals surface area contributed by atoms with E-state index >= 15 is 0 Å². The van der Waals surface area contributed by atoms with Gasteiger partial charge in [0.2, 0.25) is 0 Å². The fourth-order valence-electron chi connectivity index (χ4n) is 3.13. The summed E-state index contributed by atoms with van der Waals surface area (Å²) in [7, 11) is 3.13. The van der Waals surface area contributed by atoms with Crippen LogP contribution in [0.2, 0.25) is 0 Å². The summed E-state index contributed by atoms with van der Waals surface area (Å²) in [6, 6.07) is 6.96. The van der Waals surface area contributed by atoms with Crippen LogP contribution in [0.5, 0.6) is 11.5 Å². The number of nitrogens with zero attached hydrogens (tertiary/aromatic N) is 3. The number of carbonyl (C=O) groups excluding carboxylic acids is 1. The molecule has 1 unspecified atom stereocenters. The molecule has 1 saturated heterocycles. The molecular weight excluding hydrogens is 332 g/mol. The van der Waals surface area contributed by atoms with Gasteiger partial charge < -0.3 is 19.7 Å². The van der Waals surface area contributed by atoms with E-state index in [-0.39, 0.29) is 5.91 Å². The number of aromatic nitrogens is 2. The van der Waals surface area contributed by atoms with Gasteiger partial charge >= 0.3 is 0 Å². The zero-order chi connectivity index (χ0) is 18.5. The number of rotatable bonds is 5. The topological polar surface area (TPSA) is 76.6 Å². The third kappa shape index (κ3) is 4.04. The fraction of sp³-hybridized carbons (Fsp3) is 0.421. The van der Waals surface area contributed by atoms with E-state index in [1.807, 2.05) is 0 Å². The molecule has 1 amide bonds. The number of hydrogen-bond acceptors (Lipinski definition) is 6. The molecule has 1 atom stereocenters. The van der Waals surface area contributed by atoms with E-state index in [1.165, 1.54) is 12.7 Å². The number of carbonyl (C=O) groups is 1. The molecule has 1 N–H and O–H groups in total. The molecule has 0 aliphatic carbocycles. The highest BCUT2D eigenvalue weighted by Gasteiger charge is 2.19. The average molecular weight is 356 g/mol. The minimum absolute atomic E-state index is 0.304. The summed E-state index contributed by atoms with van der Waals surface area (Å²) in [4.78, 5) is 23.3. The Morgan fingerprint density at radius 3 is 2.81 bits per heavy atom. The molecule has 138 valence electrons. The highest BCUT2D eigenvalue weighted by Crippen LogP contribution is 2.29. The Hall–Kier alpha value is -2.83. The predicted octanol–water partition coefficient (Wildman–Crippen LogP) is 2.98. The van der Waals surface area contributed by atoms with Gasteiger partial charge in [-0.1, -0.05) is 6.92 Å². The van der Waals surface area contributed by atoms with Crippen LogP contribution in [0.25, 0.3) is 0 Å². The van der Waals surface area contributed by atoms with Gasteiger partial charge in [0.05, 0.1) is 19.9 Å². The fourth-order valence-corrected chi connectivity index (χ4v) is 3.13. The zero-order valence-corrected chi connectivity index (χ0v) is 15.4. The molecule has 1 aromatic carbocycles. The number of ether oxygens (including phenoxy) is 2. The Balaban J connectivity index is 1.77. The van der Waals surface area contributed by atoms with Crippen LogP contribution in [0.1, 0.15) is 30.3 Å². The first-order valence-electron chi connectivity index (χ1n) is 8.71. The quantitative estimate of drug-likeness (QED) is 0.887. The average Bonchev–Trinajstić information content (AvgIpc) is 2.68. The van der Waals surface area contributed by atoms with Crippen molar-refractivity contribution in [3.05, 3.63) is 36.3 Å². The molecule has 26 heavy (non-hydrogen) atoms. The summed E-state index contributed by atoms with van der Waals surface area (Å²) < 4.78 is 10.5. The Kier molecular flexibility index (Phi) is 5.55. The van der Waals surface area contributed by atoms with Gasteiger partial charge in [0.25, 0.3) is 5.91 Å². The highest BCUT2D eigenvalue weighted by molar-refractivity contribution is 6.04. The van der Waals surface area contributed by atoms with Crippen molar-refractivity contribution >= 4 is 17.4 Å². The van der Waals surface area contributed by atoms with Crippen LogP contribution in [-0.2, 0) is 0 Å². The standard InChI is InChI=1S/C19H24N4O3/c1-13-5-4-8-23(11-13)18-10-16(20-12-21-18)19(24)22-15-7-6-14(25-2)9-17(15)26-3/h6-7,9-10,12-13H,4-5,8,11H2,1-3H3,(H,22,24). The van der Waals surface area contributed by atoms with Crippen LogP contribution in [0.15, 0.2) is 30.6 Å². The van der Waals surface area contributed by atoms with Crippen molar-refractivity contribution in [2.75, 3.05) is 37.5 Å². The number of benzene rings is 1.